The van der Waals surface area contributed by atoms with Gasteiger partial charge in [-0.05, 0) is 23.8 Å². The maximum Gasteiger partial charge on any atom is 0.265 e. The summed E-state index contributed by atoms with van der Waals surface area (Å²) >= 11 is 0. The molecule has 4 rings (SSSR count). The summed E-state index contributed by atoms with van der Waals surface area (Å²) in [6.07, 6.45) is 0. The van der Waals surface area contributed by atoms with E-state index in [4.69, 9.17) is 0 Å². The summed E-state index contributed by atoms with van der Waals surface area (Å²) in [7, 11) is 0. The van der Waals surface area contributed by atoms with E-state index in [0.29, 0.717) is 16.7 Å². The molecule has 0 unspecified atom stereocenters. The molecule has 0 spiro atoms. The zero-order valence-electron chi connectivity index (χ0n) is 14.6. The van der Waals surface area contributed by atoms with Crippen molar-refractivity contribution in [1.29, 1.82) is 0 Å². The summed E-state index contributed by atoms with van der Waals surface area (Å²) in [5.74, 6) is -2.47. The number of benzene rings is 3. The second-order valence-corrected chi connectivity index (χ2v) is 6.45. The molecule has 6 nitrogen and oxygen atoms in total. The van der Waals surface area contributed by atoms with Crippen LogP contribution in [0.1, 0.15) is 42.2 Å². The highest BCUT2D eigenvalue weighted by atomic mass is 16.3. The van der Waals surface area contributed by atoms with Crippen LogP contribution >= 0.6 is 0 Å². The maximum atomic E-state index is 12.6. The van der Waals surface area contributed by atoms with Crippen molar-refractivity contribution in [3.05, 3.63) is 94.5 Å². The lowest BCUT2D eigenvalue weighted by Crippen LogP contribution is -2.29. The number of carbonyl (C=O) groups is 3. The first kappa shape index (κ1) is 17.5. The Morgan fingerprint density at radius 3 is 2.29 bits per heavy atom. The number of phenolic OH excluding ortho intramolecular Hbond substituents is 2. The van der Waals surface area contributed by atoms with Crippen molar-refractivity contribution in [3.63, 3.8) is 0 Å². The number of rotatable bonds is 4. The zero-order valence-corrected chi connectivity index (χ0v) is 14.6. The normalized spacial score (nSPS) is 12.9. The second kappa shape index (κ2) is 6.66. The summed E-state index contributed by atoms with van der Waals surface area (Å²) < 4.78 is 0. The Morgan fingerprint density at radius 1 is 0.821 bits per heavy atom. The van der Waals surface area contributed by atoms with E-state index in [9.17, 15) is 24.6 Å². The standard InChI is InChI=1S/C22H15NO5/c24-17-10-9-16-18(20(17)26)22(28)23(21(16)27)12-13-5-4-8-15(11-13)19(25)14-6-2-1-3-7-14/h1-11,24,26H,12H2. The molecular formula is C22H15NO5. The molecule has 0 radical (unpaired) electrons. The van der Waals surface area contributed by atoms with Gasteiger partial charge in [-0.3, -0.25) is 19.3 Å². The van der Waals surface area contributed by atoms with Crippen LogP contribution in [0.15, 0.2) is 66.7 Å². The van der Waals surface area contributed by atoms with Crippen molar-refractivity contribution in [1.82, 2.24) is 4.90 Å². The highest BCUT2D eigenvalue weighted by Crippen LogP contribution is 2.37. The molecule has 2 amide bonds. The van der Waals surface area contributed by atoms with Crippen LogP contribution in [0.4, 0.5) is 0 Å². The SMILES string of the molecule is O=C(c1ccccc1)c1cccc(CN2C(=O)c3ccc(O)c(O)c3C2=O)c1. The molecule has 1 heterocycles. The van der Waals surface area contributed by atoms with Crippen LogP contribution in [0.25, 0.3) is 0 Å². The molecule has 0 bridgehead atoms. The Kier molecular flexibility index (Phi) is 4.16. The molecule has 0 aliphatic carbocycles. The number of nitrogens with zero attached hydrogens (tertiary/aromatic N) is 1. The van der Waals surface area contributed by atoms with E-state index >= 15 is 0 Å². The first-order chi connectivity index (χ1) is 13.5. The van der Waals surface area contributed by atoms with Crippen LogP contribution in [0.5, 0.6) is 11.5 Å². The van der Waals surface area contributed by atoms with E-state index in [1.54, 1.807) is 48.5 Å². The average molecular weight is 373 g/mol. The molecule has 3 aromatic carbocycles. The van der Waals surface area contributed by atoms with Crippen LogP contribution < -0.4 is 0 Å². The van der Waals surface area contributed by atoms with Crippen molar-refractivity contribution in [2.24, 2.45) is 0 Å². The van der Waals surface area contributed by atoms with Crippen molar-refractivity contribution in [2.45, 2.75) is 6.54 Å². The predicted octanol–water partition coefficient (Wildman–Crippen LogP) is 3.13. The lowest BCUT2D eigenvalue weighted by Gasteiger charge is -2.14. The average Bonchev–Trinajstić information content (AvgIpc) is 2.96. The lowest BCUT2D eigenvalue weighted by molar-refractivity contribution is 0.0641. The van der Waals surface area contributed by atoms with Gasteiger partial charge >= 0.3 is 0 Å². The molecule has 3 aromatic rings. The van der Waals surface area contributed by atoms with Gasteiger partial charge in [0.15, 0.2) is 17.3 Å². The van der Waals surface area contributed by atoms with Crippen molar-refractivity contribution in [3.8, 4) is 11.5 Å². The summed E-state index contributed by atoms with van der Waals surface area (Å²) in [5.41, 5.74) is 1.42. The number of hydrogen-bond acceptors (Lipinski definition) is 5. The minimum atomic E-state index is -0.687. The predicted molar refractivity (Wildman–Crippen MR) is 100 cm³/mol. The minimum Gasteiger partial charge on any atom is -0.504 e. The van der Waals surface area contributed by atoms with E-state index in [1.165, 1.54) is 12.1 Å². The topological polar surface area (TPSA) is 94.9 Å². The number of ketones is 1. The van der Waals surface area contributed by atoms with Crippen LogP contribution in [-0.4, -0.2) is 32.7 Å². The Hall–Kier alpha value is -3.93. The molecular weight excluding hydrogens is 358 g/mol. The molecule has 0 saturated heterocycles. The Morgan fingerprint density at radius 2 is 1.54 bits per heavy atom. The number of fused-ring (bicyclic) bond motifs is 1. The van der Waals surface area contributed by atoms with Crippen LogP contribution in [0.3, 0.4) is 0 Å². The summed E-state index contributed by atoms with van der Waals surface area (Å²) in [5, 5.41) is 19.5. The first-order valence-corrected chi connectivity index (χ1v) is 8.57. The molecule has 1 aliphatic rings. The van der Waals surface area contributed by atoms with Crippen molar-refractivity contribution in [2.75, 3.05) is 0 Å². The van der Waals surface area contributed by atoms with Crippen LogP contribution in [-0.2, 0) is 6.54 Å². The number of aromatic hydroxyl groups is 2. The largest absolute Gasteiger partial charge is 0.504 e. The lowest BCUT2D eigenvalue weighted by atomic mass is 10.0. The highest BCUT2D eigenvalue weighted by Gasteiger charge is 2.38. The molecule has 6 heteroatoms. The first-order valence-electron chi connectivity index (χ1n) is 8.57. The van der Waals surface area contributed by atoms with Gasteiger partial charge in [0, 0.05) is 11.1 Å². The van der Waals surface area contributed by atoms with Crippen LogP contribution in [0, 0.1) is 0 Å². The Labute approximate surface area is 160 Å². The van der Waals surface area contributed by atoms with Gasteiger partial charge in [0.25, 0.3) is 11.8 Å². The van der Waals surface area contributed by atoms with Gasteiger partial charge in [-0.1, -0.05) is 48.5 Å². The van der Waals surface area contributed by atoms with Crippen molar-refractivity contribution < 1.29 is 24.6 Å². The van der Waals surface area contributed by atoms with Gasteiger partial charge < -0.3 is 10.2 Å². The van der Waals surface area contributed by atoms with Gasteiger partial charge in [0.2, 0.25) is 0 Å². The summed E-state index contributed by atoms with van der Waals surface area (Å²) in [6.45, 7) is -0.0531. The highest BCUT2D eigenvalue weighted by molar-refractivity contribution is 6.22. The van der Waals surface area contributed by atoms with Gasteiger partial charge in [-0.25, -0.2) is 0 Å². The summed E-state index contributed by atoms with van der Waals surface area (Å²) in [4.78, 5) is 38.8. The van der Waals surface area contributed by atoms with Crippen LogP contribution in [0.2, 0.25) is 0 Å². The molecule has 0 fully saturated rings. The monoisotopic (exact) mass is 373 g/mol. The van der Waals surface area contributed by atoms with Crippen molar-refractivity contribution >= 4 is 17.6 Å². The van der Waals surface area contributed by atoms with E-state index in [2.05, 4.69) is 0 Å². The van der Waals surface area contributed by atoms with Gasteiger partial charge in [0.05, 0.1) is 17.7 Å². The third-order valence-electron chi connectivity index (χ3n) is 4.66. The maximum absolute atomic E-state index is 12.6. The summed E-state index contributed by atoms with van der Waals surface area (Å²) in [6, 6.07) is 18.0. The van der Waals surface area contributed by atoms with E-state index in [-0.39, 0.29) is 23.5 Å². The molecule has 1 aliphatic heterocycles. The van der Waals surface area contributed by atoms with E-state index in [1.807, 2.05) is 6.07 Å². The molecule has 2 N–H and O–H groups in total. The fourth-order valence-corrected chi connectivity index (χ4v) is 3.24. The van der Waals surface area contributed by atoms with E-state index in [0.717, 1.165) is 4.90 Å². The molecule has 0 atom stereocenters. The fourth-order valence-electron chi connectivity index (χ4n) is 3.24. The molecule has 138 valence electrons. The third kappa shape index (κ3) is 2.81. The van der Waals surface area contributed by atoms with E-state index < -0.39 is 23.3 Å². The van der Waals surface area contributed by atoms with Gasteiger partial charge in [-0.2, -0.15) is 0 Å². The molecule has 28 heavy (non-hydrogen) atoms. The number of carbonyl (C=O) groups excluding carboxylic acids is 3. The number of imide groups is 1. The third-order valence-corrected chi connectivity index (χ3v) is 4.66. The number of amides is 2. The smallest absolute Gasteiger partial charge is 0.265 e. The quantitative estimate of drug-likeness (QED) is 0.416. The molecule has 0 aromatic heterocycles. The number of phenols is 2. The van der Waals surface area contributed by atoms with Gasteiger partial charge in [-0.15, -0.1) is 0 Å². The molecule has 0 saturated carbocycles. The Balaban J connectivity index is 1.62. The number of hydrogen-bond donors (Lipinski definition) is 2. The fraction of sp³-hybridized carbons (Fsp3) is 0.0455. The zero-order chi connectivity index (χ0) is 19.8. The minimum absolute atomic E-state index is 0.0387. The van der Waals surface area contributed by atoms with Gasteiger partial charge in [0.1, 0.15) is 0 Å². The Bertz CT molecular complexity index is 1120. The second-order valence-electron chi connectivity index (χ2n) is 6.45.